The van der Waals surface area contributed by atoms with E-state index in [1.807, 2.05) is 194 Å². The fraction of sp³-hybridized carbons (Fsp3) is 0.209. The third-order valence-electron chi connectivity index (χ3n) is 11.8. The molecule has 0 atom stereocenters. The molecule has 0 aliphatic heterocycles. The second-order valence-corrected chi connectivity index (χ2v) is 18.3. The third kappa shape index (κ3) is 24.2. The van der Waals surface area contributed by atoms with Gasteiger partial charge in [0.25, 0.3) is 0 Å². The van der Waals surface area contributed by atoms with Crippen LogP contribution in [0.3, 0.4) is 0 Å². The first-order chi connectivity index (χ1) is 41.2. The lowest BCUT2D eigenvalue weighted by molar-refractivity contribution is -0.136. The smallest absolute Gasteiger partial charge is 0.303 e. The number of carbonyl (C=O) groups excluding carboxylic acids is 1. The number of pyridine rings is 3. The average molecular weight is 1140 g/mol. The van der Waals surface area contributed by atoms with Gasteiger partial charge in [-0.05, 0) is 33.4 Å². The predicted octanol–water partition coefficient (Wildman–Crippen LogP) is 10.3. The molecular formula is C67H72N6O11. The molecule has 436 valence electrons. The van der Waals surface area contributed by atoms with Crippen molar-refractivity contribution in [2.75, 3.05) is 19.8 Å². The van der Waals surface area contributed by atoms with Crippen molar-refractivity contribution in [2.45, 2.75) is 72.6 Å². The topological polar surface area (TPSA) is 239 Å². The summed E-state index contributed by atoms with van der Waals surface area (Å²) in [4.78, 5) is 33.7. The maximum absolute atomic E-state index is 11.3. The highest BCUT2D eigenvalue weighted by molar-refractivity contribution is 5.76. The molecule has 0 radical (unpaired) electrons. The van der Waals surface area contributed by atoms with E-state index in [2.05, 4.69) is 25.6 Å². The molecule has 0 aliphatic carbocycles. The van der Waals surface area contributed by atoms with E-state index in [0.717, 1.165) is 44.8 Å². The van der Waals surface area contributed by atoms with E-state index in [1.165, 1.54) is 0 Å². The molecule has 6 aromatic carbocycles. The largest absolute Gasteiger partial charge is 0.485 e. The van der Waals surface area contributed by atoms with E-state index in [-0.39, 0.29) is 19.6 Å². The Morgan fingerprint density at radius 3 is 0.976 bits per heavy atom. The van der Waals surface area contributed by atoms with Crippen LogP contribution in [-0.4, -0.2) is 61.9 Å². The number of ether oxygens (including phenoxy) is 6. The molecule has 9 aromatic rings. The number of carboxylic acid groups (broad SMARTS) is 1. The highest BCUT2D eigenvalue weighted by atomic mass is 16.5. The van der Waals surface area contributed by atoms with E-state index in [1.54, 1.807) is 31.6 Å². The van der Waals surface area contributed by atoms with E-state index in [4.69, 9.17) is 49.5 Å². The molecule has 0 saturated carbocycles. The second kappa shape index (κ2) is 37.4. The maximum Gasteiger partial charge on any atom is 0.303 e. The van der Waals surface area contributed by atoms with Gasteiger partial charge in [0.15, 0.2) is 34.5 Å². The van der Waals surface area contributed by atoms with Crippen LogP contribution in [0.15, 0.2) is 219 Å². The van der Waals surface area contributed by atoms with Crippen LogP contribution in [0.25, 0.3) is 0 Å². The molecule has 0 unspecified atom stereocenters. The Hall–Kier alpha value is -9.65. The van der Waals surface area contributed by atoms with Crippen molar-refractivity contribution >= 4 is 11.9 Å². The lowest BCUT2D eigenvalue weighted by Crippen LogP contribution is -2.26. The SMILES string of the molecule is CCC(=O)O.NCc1cc(OCc2ccccc2)c(OCc2ccccc2)cn1.O=C(CO)NCc1cc(OCc2ccccc2)c(OCc2ccccc2)cn1.OCCNCc1cc(OCc2ccccc2)c(OCc2ccccc2)cn1. The van der Waals surface area contributed by atoms with Gasteiger partial charge < -0.3 is 60.1 Å². The van der Waals surface area contributed by atoms with Gasteiger partial charge in [0.1, 0.15) is 46.2 Å². The van der Waals surface area contributed by atoms with Gasteiger partial charge in [-0.2, -0.15) is 0 Å². The highest BCUT2D eigenvalue weighted by Gasteiger charge is 2.13. The Kier molecular flexibility index (Phi) is 28.3. The number of benzene rings is 6. The number of carboxylic acids is 1. The van der Waals surface area contributed by atoms with E-state index >= 15 is 0 Å². The summed E-state index contributed by atoms with van der Waals surface area (Å²) in [5.74, 6) is 2.41. The zero-order valence-electron chi connectivity index (χ0n) is 47.0. The first-order valence-corrected chi connectivity index (χ1v) is 27.3. The summed E-state index contributed by atoms with van der Waals surface area (Å²) in [7, 11) is 0. The molecule has 0 bridgehead atoms. The van der Waals surface area contributed by atoms with Crippen LogP contribution in [0, 0.1) is 0 Å². The number of amides is 1. The Morgan fingerprint density at radius 1 is 0.429 bits per heavy atom. The van der Waals surface area contributed by atoms with Crippen molar-refractivity contribution in [1.29, 1.82) is 0 Å². The number of nitrogens with zero attached hydrogens (tertiary/aromatic N) is 3. The Bertz CT molecular complexity index is 3260. The van der Waals surface area contributed by atoms with Gasteiger partial charge in [-0.25, -0.2) is 0 Å². The number of aromatic nitrogens is 3. The van der Waals surface area contributed by atoms with Gasteiger partial charge in [-0.1, -0.05) is 189 Å². The molecule has 9 rings (SSSR count). The summed E-state index contributed by atoms with van der Waals surface area (Å²) in [5.41, 5.74) is 14.3. The number of rotatable bonds is 27. The van der Waals surface area contributed by atoms with Crippen LogP contribution in [0.1, 0.15) is 63.8 Å². The summed E-state index contributed by atoms with van der Waals surface area (Å²) >= 11 is 0. The zero-order valence-corrected chi connectivity index (χ0v) is 47.0. The highest BCUT2D eigenvalue weighted by Crippen LogP contribution is 2.31. The van der Waals surface area contributed by atoms with E-state index in [0.29, 0.717) is 99.5 Å². The number of nitrogens with two attached hydrogens (primary N) is 1. The van der Waals surface area contributed by atoms with Crippen molar-refractivity contribution in [3.63, 3.8) is 0 Å². The molecule has 0 saturated heterocycles. The van der Waals surface area contributed by atoms with E-state index < -0.39 is 18.5 Å². The van der Waals surface area contributed by atoms with Gasteiger partial charge in [0.2, 0.25) is 5.91 Å². The number of aliphatic hydroxyl groups excluding tert-OH is 2. The molecule has 0 spiro atoms. The third-order valence-corrected chi connectivity index (χ3v) is 11.8. The maximum atomic E-state index is 11.3. The standard InChI is InChI=1S/C22H22N2O4.C22H24N2O3.C20H20N2O2.C3H6O2/c25-14-22(26)24-12-19-11-20(27-15-17-7-3-1-4-8-17)21(13-23-19)28-16-18-9-5-2-6-10-18;25-12-11-23-14-20-13-21(26-16-18-7-3-1-4-8-18)22(15-24-20)27-17-19-9-5-2-6-10-19;21-12-18-11-19(23-14-16-7-3-1-4-8-16)20(13-22-18)24-15-17-9-5-2-6-10-17;1-2-3(4)5/h1-11,13,25H,12,14-16H2,(H,24,26);1-10,13,15,23,25H,11-12,14,16-17H2;1-11,13H,12,14-15,21H2;2H2,1H3,(H,4,5). The zero-order chi connectivity index (χ0) is 59.2. The average Bonchev–Trinajstić information content (AvgIpc) is 3.64. The Balaban J connectivity index is 0.000000194. The number of nitrogens with one attached hydrogen (secondary N) is 2. The molecule has 0 fully saturated rings. The number of hydrogen-bond donors (Lipinski definition) is 6. The quantitative estimate of drug-likeness (QED) is 0.0263. The van der Waals surface area contributed by atoms with Gasteiger partial charge in [-0.3, -0.25) is 24.5 Å². The number of hydrogen-bond acceptors (Lipinski definition) is 15. The summed E-state index contributed by atoms with van der Waals surface area (Å²) in [6, 6.07) is 65.1. The lowest BCUT2D eigenvalue weighted by Gasteiger charge is -2.14. The minimum Gasteiger partial charge on any atom is -0.485 e. The summed E-state index contributed by atoms with van der Waals surface area (Å²) < 4.78 is 35.6. The fourth-order valence-corrected chi connectivity index (χ4v) is 7.32. The molecule has 7 N–H and O–H groups in total. The van der Waals surface area contributed by atoms with Crippen LogP contribution < -0.4 is 44.8 Å². The number of carbonyl (C=O) groups is 2. The van der Waals surface area contributed by atoms with E-state index in [9.17, 15) is 9.59 Å². The summed E-state index contributed by atoms with van der Waals surface area (Å²) in [6.07, 6.45) is 5.17. The summed E-state index contributed by atoms with van der Waals surface area (Å²) in [5, 5.41) is 31.1. The van der Waals surface area contributed by atoms with Crippen LogP contribution in [0.2, 0.25) is 0 Å². The van der Waals surface area contributed by atoms with Gasteiger partial charge in [0, 0.05) is 44.3 Å². The fourth-order valence-electron chi connectivity index (χ4n) is 7.32. The minimum atomic E-state index is -0.745. The lowest BCUT2D eigenvalue weighted by atomic mass is 10.2. The molecular weight excluding hydrogens is 1060 g/mol. The van der Waals surface area contributed by atoms with Crippen molar-refractivity contribution in [3.05, 3.63) is 269 Å². The van der Waals surface area contributed by atoms with Crippen LogP contribution in [0.4, 0.5) is 0 Å². The number of aliphatic carboxylic acids is 1. The molecule has 1 amide bonds. The molecule has 3 aromatic heterocycles. The summed E-state index contributed by atoms with van der Waals surface area (Å²) in [6.45, 7) is 5.38. The predicted molar refractivity (Wildman–Crippen MR) is 321 cm³/mol. The first kappa shape index (κ1) is 63.5. The molecule has 0 aliphatic rings. The number of aliphatic hydroxyl groups is 2. The van der Waals surface area contributed by atoms with Crippen molar-refractivity contribution in [3.8, 4) is 34.5 Å². The van der Waals surface area contributed by atoms with Crippen molar-refractivity contribution in [1.82, 2.24) is 25.6 Å². The minimum absolute atomic E-state index is 0.0929. The molecule has 17 nitrogen and oxygen atoms in total. The Labute approximate surface area is 490 Å². The second-order valence-electron chi connectivity index (χ2n) is 18.3. The monoisotopic (exact) mass is 1140 g/mol. The van der Waals surface area contributed by atoms with Crippen molar-refractivity contribution in [2.24, 2.45) is 5.73 Å². The molecule has 3 heterocycles. The van der Waals surface area contributed by atoms with Crippen LogP contribution in [-0.2, 0) is 68.9 Å². The van der Waals surface area contributed by atoms with Gasteiger partial charge >= 0.3 is 5.97 Å². The van der Waals surface area contributed by atoms with Crippen LogP contribution in [0.5, 0.6) is 34.5 Å². The first-order valence-electron chi connectivity index (χ1n) is 27.3. The van der Waals surface area contributed by atoms with Gasteiger partial charge in [0.05, 0.1) is 48.8 Å². The Morgan fingerprint density at radius 2 is 0.702 bits per heavy atom. The van der Waals surface area contributed by atoms with Gasteiger partial charge in [-0.15, -0.1) is 0 Å². The molecule has 17 heteroatoms. The van der Waals surface area contributed by atoms with Crippen molar-refractivity contribution < 1.29 is 53.3 Å². The molecule has 84 heavy (non-hydrogen) atoms. The normalized spacial score (nSPS) is 10.2. The van der Waals surface area contributed by atoms with Crippen LogP contribution >= 0.6 is 0 Å².